The minimum atomic E-state index is -1.19. The lowest BCUT2D eigenvalue weighted by atomic mass is 9.58. The van der Waals surface area contributed by atoms with E-state index in [1.807, 2.05) is 27.7 Å². The molecule has 2 unspecified atom stereocenters. The van der Waals surface area contributed by atoms with Crippen LogP contribution < -0.4 is 5.32 Å². The Kier molecular flexibility index (Phi) is 8.58. The van der Waals surface area contributed by atoms with Crippen molar-refractivity contribution in [2.24, 2.45) is 17.3 Å². The lowest BCUT2D eigenvalue weighted by Gasteiger charge is -2.46. The molecule has 0 bridgehead atoms. The number of aryl methyl sites for hydroxylation is 1. The van der Waals surface area contributed by atoms with Gasteiger partial charge in [0.05, 0.1) is 52.5 Å². The van der Waals surface area contributed by atoms with Gasteiger partial charge in [-0.05, 0) is 57.9 Å². The molecule has 37 heavy (non-hydrogen) atoms. The van der Waals surface area contributed by atoms with Gasteiger partial charge in [-0.1, -0.05) is 26.7 Å². The maximum Gasteiger partial charge on any atom is 0.223 e. The highest BCUT2D eigenvalue weighted by atomic mass is 32.1. The van der Waals surface area contributed by atoms with Crippen LogP contribution in [0.25, 0.3) is 6.08 Å². The number of nitrogens with one attached hydrogen (secondary N) is 1. The molecule has 2 aliphatic heterocycles. The number of halogens is 1. The van der Waals surface area contributed by atoms with E-state index in [-0.39, 0.29) is 30.6 Å². The van der Waals surface area contributed by atoms with E-state index in [2.05, 4.69) is 10.3 Å². The highest BCUT2D eigenvalue weighted by molar-refractivity contribution is 7.09. The number of Topliss-reactive ketones (excluding diaryl/α,β-unsaturated/α-hetero) is 1. The second-order valence-corrected chi connectivity index (χ2v) is 12.6. The topological polar surface area (TPSA) is 112 Å². The van der Waals surface area contributed by atoms with E-state index in [1.54, 1.807) is 5.38 Å². The number of fused-ring (bicyclic) bond motifs is 1. The Labute approximate surface area is 222 Å². The van der Waals surface area contributed by atoms with Crippen LogP contribution in [0.1, 0.15) is 89.3 Å². The van der Waals surface area contributed by atoms with Crippen LogP contribution >= 0.6 is 11.3 Å². The van der Waals surface area contributed by atoms with Gasteiger partial charge in [-0.15, -0.1) is 11.3 Å². The summed E-state index contributed by atoms with van der Waals surface area (Å²) in [6, 6.07) is -0.918. The van der Waals surface area contributed by atoms with Crippen LogP contribution in [0.2, 0.25) is 0 Å². The first-order valence-corrected chi connectivity index (χ1v) is 14.5. The van der Waals surface area contributed by atoms with Gasteiger partial charge in [0.2, 0.25) is 5.91 Å². The second-order valence-electron chi connectivity index (χ2n) is 11.6. The molecule has 3 aliphatic rings. The van der Waals surface area contributed by atoms with E-state index < -0.39 is 46.9 Å². The van der Waals surface area contributed by atoms with Crippen molar-refractivity contribution in [3.8, 4) is 0 Å². The SMILES string of the molecule is CC[C@H]1C(=O)C2(CCC2)[C@@H](O)CC(=O)N[C@H](C(F)=Cc2csc(C)n2)CC2OC2(C)CCC[C@H](C)[C@@H]1O. The van der Waals surface area contributed by atoms with Crippen LogP contribution in [0.3, 0.4) is 0 Å². The maximum absolute atomic E-state index is 15.5. The number of rotatable bonds is 3. The summed E-state index contributed by atoms with van der Waals surface area (Å²) in [7, 11) is 0. The van der Waals surface area contributed by atoms with Gasteiger partial charge in [0.1, 0.15) is 11.6 Å². The van der Waals surface area contributed by atoms with Gasteiger partial charge in [-0.25, -0.2) is 9.37 Å². The Hall–Kier alpha value is -1.68. The Morgan fingerprint density at radius 2 is 2.03 bits per heavy atom. The van der Waals surface area contributed by atoms with Crippen molar-refractivity contribution in [3.63, 3.8) is 0 Å². The first-order chi connectivity index (χ1) is 17.5. The molecular formula is C28H41FN2O5S. The minimum Gasteiger partial charge on any atom is -0.392 e. The fraction of sp³-hybridized carbons (Fsp3) is 0.750. The van der Waals surface area contributed by atoms with E-state index >= 15 is 4.39 Å². The number of hydrogen-bond donors (Lipinski definition) is 3. The summed E-state index contributed by atoms with van der Waals surface area (Å²) in [5.74, 6) is -1.84. The third kappa shape index (κ3) is 6.00. The predicted molar refractivity (Wildman–Crippen MR) is 140 cm³/mol. The molecule has 1 spiro atoms. The Morgan fingerprint density at radius 1 is 1.30 bits per heavy atom. The summed E-state index contributed by atoms with van der Waals surface area (Å²) in [6.45, 7) is 7.69. The van der Waals surface area contributed by atoms with Gasteiger partial charge in [-0.2, -0.15) is 0 Å². The number of thiazole rings is 1. The monoisotopic (exact) mass is 536 g/mol. The number of carbonyl (C=O) groups excluding carboxylic acids is 2. The number of nitrogens with zero attached hydrogens (tertiary/aromatic N) is 1. The van der Waals surface area contributed by atoms with Gasteiger partial charge < -0.3 is 20.3 Å². The molecule has 2 saturated heterocycles. The van der Waals surface area contributed by atoms with Crippen molar-refractivity contribution in [2.75, 3.05) is 0 Å². The number of aromatic nitrogens is 1. The number of aliphatic hydroxyl groups is 2. The standard InChI is InChI=1S/C28H41FN2O5S/c1-5-19-25(34)16(2)8-6-9-27(4)23(36-27)13-21(20(29)12-18-15-37-17(3)30-18)31-24(33)14-22(32)28(26(19)35)10-7-11-28/h12,15-16,19,21-23,25,32,34H,5-11,13-14H2,1-4H3,(H,31,33)/t16-,19+,21-,22-,23?,25-,27?/m0/s1. The molecule has 206 valence electrons. The van der Waals surface area contributed by atoms with Crippen LogP contribution in [0.15, 0.2) is 11.2 Å². The second kappa shape index (κ2) is 11.2. The van der Waals surface area contributed by atoms with Gasteiger partial charge in [0.15, 0.2) is 0 Å². The zero-order valence-electron chi connectivity index (χ0n) is 22.3. The normalized spacial score (nSPS) is 37.5. The summed E-state index contributed by atoms with van der Waals surface area (Å²) in [5, 5.41) is 27.6. The van der Waals surface area contributed by atoms with Crippen molar-refractivity contribution in [2.45, 2.75) is 115 Å². The first-order valence-electron chi connectivity index (χ1n) is 13.7. The smallest absolute Gasteiger partial charge is 0.223 e. The molecule has 4 rings (SSSR count). The zero-order chi connectivity index (χ0) is 27.0. The lowest BCUT2D eigenvalue weighted by molar-refractivity contribution is -0.155. The van der Waals surface area contributed by atoms with Crippen molar-refractivity contribution >= 4 is 29.1 Å². The molecule has 3 fully saturated rings. The number of ether oxygens (including phenoxy) is 1. The van der Waals surface area contributed by atoms with Gasteiger partial charge >= 0.3 is 0 Å². The molecular weight excluding hydrogens is 495 g/mol. The van der Waals surface area contributed by atoms with E-state index in [1.165, 1.54) is 17.4 Å². The van der Waals surface area contributed by atoms with Crippen LogP contribution in [0.5, 0.6) is 0 Å². The largest absolute Gasteiger partial charge is 0.392 e. The van der Waals surface area contributed by atoms with E-state index in [4.69, 9.17) is 4.74 Å². The minimum absolute atomic E-state index is 0.0881. The summed E-state index contributed by atoms with van der Waals surface area (Å²) < 4.78 is 21.4. The molecule has 3 heterocycles. The molecule has 7 nitrogen and oxygen atoms in total. The van der Waals surface area contributed by atoms with E-state index in [9.17, 15) is 19.8 Å². The number of hydrogen-bond acceptors (Lipinski definition) is 7. The van der Waals surface area contributed by atoms with E-state index in [0.717, 1.165) is 30.7 Å². The number of carbonyl (C=O) groups is 2. The molecule has 1 aliphatic carbocycles. The zero-order valence-corrected chi connectivity index (χ0v) is 23.2. The summed E-state index contributed by atoms with van der Waals surface area (Å²) in [6.07, 6.45) is 3.66. The summed E-state index contributed by atoms with van der Waals surface area (Å²) >= 11 is 1.42. The third-order valence-corrected chi connectivity index (χ3v) is 9.73. The molecule has 1 aromatic rings. The van der Waals surface area contributed by atoms with Crippen LogP contribution in [-0.2, 0) is 14.3 Å². The van der Waals surface area contributed by atoms with E-state index in [0.29, 0.717) is 25.0 Å². The van der Waals surface area contributed by atoms with Crippen LogP contribution in [0, 0.1) is 24.2 Å². The maximum atomic E-state index is 15.5. The molecule has 7 atom stereocenters. The fourth-order valence-corrected chi connectivity index (χ4v) is 6.74. The molecule has 3 N–H and O–H groups in total. The Morgan fingerprint density at radius 3 is 2.62 bits per heavy atom. The molecule has 0 aromatic carbocycles. The van der Waals surface area contributed by atoms with Crippen LogP contribution in [0.4, 0.5) is 4.39 Å². The number of epoxide rings is 1. The molecule has 1 amide bonds. The van der Waals surface area contributed by atoms with Gasteiger partial charge in [-0.3, -0.25) is 9.59 Å². The highest BCUT2D eigenvalue weighted by Gasteiger charge is 2.55. The van der Waals surface area contributed by atoms with Crippen LogP contribution in [-0.4, -0.2) is 56.8 Å². The first kappa shape index (κ1) is 28.3. The van der Waals surface area contributed by atoms with Crippen molar-refractivity contribution < 1.29 is 28.9 Å². The lowest BCUT2D eigenvalue weighted by Crippen LogP contribution is -2.54. The fourth-order valence-electron chi connectivity index (χ4n) is 6.17. The molecule has 1 aromatic heterocycles. The average molecular weight is 537 g/mol. The number of amides is 1. The predicted octanol–water partition coefficient (Wildman–Crippen LogP) is 4.49. The van der Waals surface area contributed by atoms with Crippen molar-refractivity contribution in [3.05, 3.63) is 21.9 Å². The highest BCUT2D eigenvalue weighted by Crippen LogP contribution is 2.49. The van der Waals surface area contributed by atoms with Gasteiger partial charge in [0.25, 0.3) is 0 Å². The average Bonchev–Trinajstić information content (AvgIpc) is 3.24. The molecule has 0 radical (unpaired) electrons. The summed E-state index contributed by atoms with van der Waals surface area (Å²) in [5.41, 5.74) is -0.953. The van der Waals surface area contributed by atoms with Crippen molar-refractivity contribution in [1.82, 2.24) is 10.3 Å². The Balaban J connectivity index is 1.59. The number of ketones is 1. The number of aliphatic hydroxyl groups excluding tert-OH is 2. The summed E-state index contributed by atoms with van der Waals surface area (Å²) in [4.78, 5) is 31.1. The Bertz CT molecular complexity index is 1020. The third-order valence-electron chi connectivity index (χ3n) is 8.93. The van der Waals surface area contributed by atoms with Gasteiger partial charge in [0, 0.05) is 17.7 Å². The van der Waals surface area contributed by atoms with Crippen molar-refractivity contribution in [1.29, 1.82) is 0 Å². The molecule has 9 heteroatoms. The molecule has 1 saturated carbocycles. The quantitative estimate of drug-likeness (QED) is 0.491.